The predicted molar refractivity (Wildman–Crippen MR) is 81.2 cm³/mol. The average Bonchev–Trinajstić information content (AvgIpc) is 2.95. The standard InChI is InChI=1S/C15H14N2O2S/c1-19-13-8-10-20-14(13)15(18)17-12-6-4-11(5-7-12)3-2-9-16/h4-8,10H,9,16H2,1H3,(H,17,18). The van der Waals surface area contributed by atoms with Crippen LogP contribution in [0.25, 0.3) is 0 Å². The number of amides is 1. The summed E-state index contributed by atoms with van der Waals surface area (Å²) in [5.74, 6) is 6.10. The zero-order valence-corrected chi connectivity index (χ0v) is 11.8. The van der Waals surface area contributed by atoms with Crippen molar-refractivity contribution in [2.24, 2.45) is 5.73 Å². The van der Waals surface area contributed by atoms with E-state index in [1.807, 2.05) is 17.5 Å². The highest BCUT2D eigenvalue weighted by Gasteiger charge is 2.13. The van der Waals surface area contributed by atoms with Gasteiger partial charge in [0.1, 0.15) is 10.6 Å². The van der Waals surface area contributed by atoms with Crippen LogP contribution in [0.1, 0.15) is 15.2 Å². The Morgan fingerprint density at radius 2 is 2.10 bits per heavy atom. The van der Waals surface area contributed by atoms with Crippen molar-refractivity contribution in [1.82, 2.24) is 0 Å². The summed E-state index contributed by atoms with van der Waals surface area (Å²) in [6.45, 7) is 0.330. The molecule has 102 valence electrons. The van der Waals surface area contributed by atoms with Gasteiger partial charge in [0.15, 0.2) is 0 Å². The molecule has 0 saturated carbocycles. The van der Waals surface area contributed by atoms with Crippen LogP contribution in [0.5, 0.6) is 5.75 Å². The number of benzene rings is 1. The van der Waals surface area contributed by atoms with E-state index in [1.54, 1.807) is 25.3 Å². The molecule has 0 bridgehead atoms. The Bertz CT molecular complexity index is 651. The van der Waals surface area contributed by atoms with E-state index >= 15 is 0 Å². The maximum Gasteiger partial charge on any atom is 0.269 e. The second kappa shape index (κ2) is 6.75. The van der Waals surface area contributed by atoms with Crippen LogP contribution in [0, 0.1) is 11.8 Å². The SMILES string of the molecule is COc1ccsc1C(=O)Nc1ccc(C#CCN)cc1. The van der Waals surface area contributed by atoms with Gasteiger partial charge in [-0.05, 0) is 35.7 Å². The van der Waals surface area contributed by atoms with Gasteiger partial charge in [0.05, 0.1) is 13.7 Å². The largest absolute Gasteiger partial charge is 0.495 e. The topological polar surface area (TPSA) is 64.3 Å². The van der Waals surface area contributed by atoms with Crippen molar-refractivity contribution >= 4 is 22.9 Å². The minimum Gasteiger partial charge on any atom is -0.495 e. The van der Waals surface area contributed by atoms with Crippen LogP contribution in [0.2, 0.25) is 0 Å². The second-order valence-corrected chi connectivity index (χ2v) is 4.77. The maximum atomic E-state index is 12.1. The van der Waals surface area contributed by atoms with Gasteiger partial charge in [-0.15, -0.1) is 11.3 Å². The number of ether oxygens (including phenoxy) is 1. The lowest BCUT2D eigenvalue weighted by molar-refractivity contribution is 0.102. The van der Waals surface area contributed by atoms with Gasteiger partial charge in [-0.25, -0.2) is 0 Å². The van der Waals surface area contributed by atoms with Gasteiger partial charge >= 0.3 is 0 Å². The molecule has 4 nitrogen and oxygen atoms in total. The van der Waals surface area contributed by atoms with E-state index < -0.39 is 0 Å². The fourth-order valence-corrected chi connectivity index (χ4v) is 2.35. The van der Waals surface area contributed by atoms with Crippen LogP contribution >= 0.6 is 11.3 Å². The zero-order chi connectivity index (χ0) is 14.4. The van der Waals surface area contributed by atoms with Crippen LogP contribution in [-0.4, -0.2) is 19.6 Å². The molecule has 0 aliphatic rings. The summed E-state index contributed by atoms with van der Waals surface area (Å²) in [7, 11) is 1.55. The van der Waals surface area contributed by atoms with Crippen molar-refractivity contribution in [3.8, 4) is 17.6 Å². The molecule has 0 saturated heterocycles. The van der Waals surface area contributed by atoms with E-state index in [-0.39, 0.29) is 5.91 Å². The third-order valence-electron chi connectivity index (χ3n) is 2.53. The molecule has 0 spiro atoms. The van der Waals surface area contributed by atoms with Gasteiger partial charge in [0.2, 0.25) is 0 Å². The van der Waals surface area contributed by atoms with Crippen molar-refractivity contribution < 1.29 is 9.53 Å². The molecule has 0 radical (unpaired) electrons. The van der Waals surface area contributed by atoms with E-state index in [0.29, 0.717) is 22.9 Å². The van der Waals surface area contributed by atoms with Crippen molar-refractivity contribution in [3.63, 3.8) is 0 Å². The van der Waals surface area contributed by atoms with Crippen molar-refractivity contribution in [3.05, 3.63) is 46.2 Å². The van der Waals surface area contributed by atoms with Crippen LogP contribution in [0.3, 0.4) is 0 Å². The molecule has 1 aromatic heterocycles. The minimum absolute atomic E-state index is 0.183. The fraction of sp³-hybridized carbons (Fsp3) is 0.133. The maximum absolute atomic E-state index is 12.1. The minimum atomic E-state index is -0.183. The Hall–Kier alpha value is -2.29. The number of hydrogen-bond donors (Lipinski definition) is 2. The smallest absolute Gasteiger partial charge is 0.269 e. The number of nitrogens with one attached hydrogen (secondary N) is 1. The van der Waals surface area contributed by atoms with Gasteiger partial charge in [-0.2, -0.15) is 0 Å². The number of carbonyl (C=O) groups excluding carboxylic acids is 1. The van der Waals surface area contributed by atoms with Gasteiger partial charge in [0.25, 0.3) is 5.91 Å². The lowest BCUT2D eigenvalue weighted by atomic mass is 10.2. The molecule has 0 aliphatic carbocycles. The molecule has 0 fully saturated rings. The molecular weight excluding hydrogens is 272 g/mol. The van der Waals surface area contributed by atoms with Crippen LogP contribution in [0.15, 0.2) is 35.7 Å². The monoisotopic (exact) mass is 286 g/mol. The van der Waals surface area contributed by atoms with E-state index in [4.69, 9.17) is 10.5 Å². The van der Waals surface area contributed by atoms with Gasteiger partial charge < -0.3 is 15.8 Å². The summed E-state index contributed by atoms with van der Waals surface area (Å²) < 4.78 is 5.13. The fourth-order valence-electron chi connectivity index (χ4n) is 1.60. The Kier molecular flexibility index (Phi) is 4.77. The van der Waals surface area contributed by atoms with Crippen molar-refractivity contribution in [2.75, 3.05) is 19.0 Å². The van der Waals surface area contributed by atoms with Gasteiger partial charge in [-0.3, -0.25) is 4.79 Å². The molecule has 1 amide bonds. The lowest BCUT2D eigenvalue weighted by Gasteiger charge is -2.05. The van der Waals surface area contributed by atoms with Crippen molar-refractivity contribution in [1.29, 1.82) is 0 Å². The molecule has 2 rings (SSSR count). The first-order chi connectivity index (χ1) is 9.74. The Labute approximate surface area is 121 Å². The molecule has 2 aromatic rings. The number of methoxy groups -OCH3 is 1. The summed E-state index contributed by atoms with van der Waals surface area (Å²) in [5.41, 5.74) is 6.89. The molecule has 0 atom stereocenters. The van der Waals surface area contributed by atoms with Crippen LogP contribution < -0.4 is 15.8 Å². The molecule has 1 heterocycles. The number of nitrogens with two attached hydrogens (primary N) is 1. The van der Waals surface area contributed by atoms with E-state index in [0.717, 1.165) is 5.56 Å². The second-order valence-electron chi connectivity index (χ2n) is 3.86. The third-order valence-corrected chi connectivity index (χ3v) is 3.43. The summed E-state index contributed by atoms with van der Waals surface area (Å²) in [6, 6.07) is 9.05. The van der Waals surface area contributed by atoms with Crippen molar-refractivity contribution in [2.45, 2.75) is 0 Å². The number of hydrogen-bond acceptors (Lipinski definition) is 4. The zero-order valence-electron chi connectivity index (χ0n) is 11.0. The first kappa shape index (κ1) is 14.1. The highest BCUT2D eigenvalue weighted by Crippen LogP contribution is 2.25. The molecule has 0 aliphatic heterocycles. The highest BCUT2D eigenvalue weighted by molar-refractivity contribution is 7.12. The number of rotatable bonds is 3. The number of carbonyl (C=O) groups is 1. The molecule has 5 heteroatoms. The van der Waals surface area contributed by atoms with Crippen LogP contribution in [0.4, 0.5) is 5.69 Å². The lowest BCUT2D eigenvalue weighted by Crippen LogP contribution is -2.11. The van der Waals surface area contributed by atoms with Crippen LogP contribution in [-0.2, 0) is 0 Å². The average molecular weight is 286 g/mol. The summed E-state index contributed by atoms with van der Waals surface area (Å²) in [5, 5.41) is 4.64. The first-order valence-corrected chi connectivity index (χ1v) is 6.84. The van der Waals surface area contributed by atoms with E-state index in [2.05, 4.69) is 17.2 Å². The summed E-state index contributed by atoms with van der Waals surface area (Å²) >= 11 is 1.34. The quantitative estimate of drug-likeness (QED) is 0.851. The predicted octanol–water partition coefficient (Wildman–Crippen LogP) is 2.32. The Balaban J connectivity index is 2.08. The summed E-state index contributed by atoms with van der Waals surface area (Å²) in [6.07, 6.45) is 0. The highest BCUT2D eigenvalue weighted by atomic mass is 32.1. The number of thiophene rings is 1. The van der Waals surface area contributed by atoms with Gasteiger partial charge in [-0.1, -0.05) is 11.8 Å². The third kappa shape index (κ3) is 3.38. The molecule has 20 heavy (non-hydrogen) atoms. The molecular formula is C15H14N2O2S. The number of anilines is 1. The molecule has 1 aromatic carbocycles. The molecule has 3 N–H and O–H groups in total. The summed E-state index contributed by atoms with van der Waals surface area (Å²) in [4.78, 5) is 12.6. The van der Waals surface area contributed by atoms with E-state index in [9.17, 15) is 4.79 Å². The normalized spacial score (nSPS) is 9.50. The van der Waals surface area contributed by atoms with Gasteiger partial charge in [0, 0.05) is 11.3 Å². The first-order valence-electron chi connectivity index (χ1n) is 5.96. The Morgan fingerprint density at radius 1 is 1.35 bits per heavy atom. The molecule has 0 unspecified atom stereocenters. The Morgan fingerprint density at radius 3 is 2.75 bits per heavy atom. The van der Waals surface area contributed by atoms with E-state index in [1.165, 1.54) is 11.3 Å².